The lowest BCUT2D eigenvalue weighted by molar-refractivity contribution is 0.0659. The highest BCUT2D eigenvalue weighted by atomic mass is 19.1. The first-order valence-corrected chi connectivity index (χ1v) is 5.50. The highest BCUT2D eigenvalue weighted by molar-refractivity contribution is 5.85. The van der Waals surface area contributed by atoms with E-state index in [2.05, 4.69) is 4.98 Å². The number of rotatable bonds is 4. The third kappa shape index (κ3) is 2.74. The summed E-state index contributed by atoms with van der Waals surface area (Å²) in [6.45, 7) is 1.58. The van der Waals surface area contributed by atoms with Gasteiger partial charge in [0, 0.05) is 6.42 Å². The summed E-state index contributed by atoms with van der Waals surface area (Å²) < 4.78 is 18.1. The van der Waals surface area contributed by atoms with E-state index in [1.807, 2.05) is 0 Å². The van der Waals surface area contributed by atoms with Crippen LogP contribution < -0.4 is 0 Å². The maximum Gasteiger partial charge on any atom is 0.373 e. The SMILES string of the molecule is Cc1nc(CCc2cccc(F)c2)oc1C(=O)O. The average molecular weight is 249 g/mol. The Morgan fingerprint density at radius 2 is 2.22 bits per heavy atom. The third-order valence-electron chi connectivity index (χ3n) is 2.55. The fourth-order valence-corrected chi connectivity index (χ4v) is 1.70. The maximum atomic E-state index is 13.0. The van der Waals surface area contributed by atoms with E-state index in [0.29, 0.717) is 24.4 Å². The number of nitrogens with zero attached hydrogens (tertiary/aromatic N) is 1. The van der Waals surface area contributed by atoms with Crippen molar-refractivity contribution in [3.8, 4) is 0 Å². The zero-order valence-electron chi connectivity index (χ0n) is 9.81. The molecule has 1 N–H and O–H groups in total. The van der Waals surface area contributed by atoms with Crippen LogP contribution in [0.1, 0.15) is 27.7 Å². The van der Waals surface area contributed by atoms with E-state index in [1.54, 1.807) is 19.1 Å². The van der Waals surface area contributed by atoms with Crippen LogP contribution in [-0.2, 0) is 12.8 Å². The molecule has 5 heteroatoms. The smallest absolute Gasteiger partial charge is 0.373 e. The molecule has 0 aliphatic carbocycles. The predicted octanol–water partition coefficient (Wildman–Crippen LogP) is 2.61. The van der Waals surface area contributed by atoms with Gasteiger partial charge < -0.3 is 9.52 Å². The molecule has 4 nitrogen and oxygen atoms in total. The normalized spacial score (nSPS) is 10.6. The Balaban J connectivity index is 2.06. The van der Waals surface area contributed by atoms with Crippen LogP contribution in [0.3, 0.4) is 0 Å². The van der Waals surface area contributed by atoms with Crippen molar-refractivity contribution in [2.24, 2.45) is 0 Å². The summed E-state index contributed by atoms with van der Waals surface area (Å²) in [5, 5.41) is 8.82. The second-order valence-corrected chi connectivity index (χ2v) is 3.96. The van der Waals surface area contributed by atoms with Crippen LogP contribution in [0.2, 0.25) is 0 Å². The molecular weight excluding hydrogens is 237 g/mol. The molecule has 0 spiro atoms. The highest BCUT2D eigenvalue weighted by Crippen LogP contribution is 2.13. The number of carboxylic acids is 1. The molecule has 0 bridgehead atoms. The van der Waals surface area contributed by atoms with Gasteiger partial charge in [-0.15, -0.1) is 0 Å². The second kappa shape index (κ2) is 5.00. The molecule has 18 heavy (non-hydrogen) atoms. The topological polar surface area (TPSA) is 63.3 Å². The number of aryl methyl sites for hydroxylation is 3. The van der Waals surface area contributed by atoms with Crippen molar-refractivity contribution in [1.29, 1.82) is 0 Å². The van der Waals surface area contributed by atoms with Crippen LogP contribution in [0.5, 0.6) is 0 Å². The molecule has 1 aromatic carbocycles. The van der Waals surface area contributed by atoms with Crippen molar-refractivity contribution in [2.75, 3.05) is 0 Å². The van der Waals surface area contributed by atoms with E-state index in [1.165, 1.54) is 12.1 Å². The lowest BCUT2D eigenvalue weighted by Crippen LogP contribution is -1.95. The van der Waals surface area contributed by atoms with Crippen LogP contribution in [-0.4, -0.2) is 16.1 Å². The lowest BCUT2D eigenvalue weighted by Gasteiger charge is -1.98. The molecule has 0 unspecified atom stereocenters. The maximum absolute atomic E-state index is 13.0. The number of hydrogen-bond donors (Lipinski definition) is 1. The largest absolute Gasteiger partial charge is 0.475 e. The number of benzene rings is 1. The molecule has 0 aliphatic heterocycles. The molecule has 0 fully saturated rings. The average Bonchev–Trinajstić information content (AvgIpc) is 2.68. The quantitative estimate of drug-likeness (QED) is 0.904. The van der Waals surface area contributed by atoms with E-state index < -0.39 is 5.97 Å². The van der Waals surface area contributed by atoms with Crippen molar-refractivity contribution < 1.29 is 18.7 Å². The van der Waals surface area contributed by atoms with E-state index in [9.17, 15) is 9.18 Å². The Morgan fingerprint density at radius 3 is 2.83 bits per heavy atom. The number of carboxylic acid groups (broad SMARTS) is 1. The number of carbonyl (C=O) groups is 1. The van der Waals surface area contributed by atoms with Gasteiger partial charge in [0.15, 0.2) is 5.89 Å². The van der Waals surface area contributed by atoms with Crippen LogP contribution >= 0.6 is 0 Å². The first-order chi connectivity index (χ1) is 8.56. The minimum atomic E-state index is -1.13. The van der Waals surface area contributed by atoms with Crippen molar-refractivity contribution in [3.63, 3.8) is 0 Å². The van der Waals surface area contributed by atoms with Gasteiger partial charge in [-0.1, -0.05) is 12.1 Å². The zero-order valence-corrected chi connectivity index (χ0v) is 9.81. The van der Waals surface area contributed by atoms with E-state index in [-0.39, 0.29) is 11.6 Å². The van der Waals surface area contributed by atoms with E-state index in [4.69, 9.17) is 9.52 Å². The van der Waals surface area contributed by atoms with Crippen molar-refractivity contribution >= 4 is 5.97 Å². The van der Waals surface area contributed by atoms with Gasteiger partial charge in [-0.05, 0) is 31.0 Å². The van der Waals surface area contributed by atoms with E-state index in [0.717, 1.165) is 5.56 Å². The van der Waals surface area contributed by atoms with Crippen molar-refractivity contribution in [2.45, 2.75) is 19.8 Å². The highest BCUT2D eigenvalue weighted by Gasteiger charge is 2.15. The van der Waals surface area contributed by atoms with Gasteiger partial charge in [0.05, 0.1) is 5.69 Å². The number of hydrogen-bond acceptors (Lipinski definition) is 3. The molecule has 0 radical (unpaired) electrons. The van der Waals surface area contributed by atoms with Gasteiger partial charge in [0.2, 0.25) is 5.76 Å². The van der Waals surface area contributed by atoms with Gasteiger partial charge in [-0.2, -0.15) is 0 Å². The molecule has 1 heterocycles. The summed E-state index contributed by atoms with van der Waals surface area (Å²) >= 11 is 0. The van der Waals surface area contributed by atoms with Crippen LogP contribution in [0, 0.1) is 12.7 Å². The van der Waals surface area contributed by atoms with Crippen LogP contribution in [0.25, 0.3) is 0 Å². The molecule has 0 atom stereocenters. The molecule has 2 rings (SSSR count). The van der Waals surface area contributed by atoms with Crippen molar-refractivity contribution in [3.05, 3.63) is 53.0 Å². The molecule has 2 aromatic rings. The minimum absolute atomic E-state index is 0.135. The summed E-state index contributed by atoms with van der Waals surface area (Å²) in [5.74, 6) is -1.20. The molecule has 0 aliphatic rings. The van der Waals surface area contributed by atoms with Gasteiger partial charge in [0.1, 0.15) is 5.82 Å². The number of oxazole rings is 1. The molecular formula is C13H12FNO3. The molecule has 0 saturated heterocycles. The zero-order chi connectivity index (χ0) is 13.1. The van der Waals surface area contributed by atoms with E-state index >= 15 is 0 Å². The van der Waals surface area contributed by atoms with Gasteiger partial charge in [0.25, 0.3) is 0 Å². The van der Waals surface area contributed by atoms with Gasteiger partial charge in [-0.25, -0.2) is 14.2 Å². The first-order valence-electron chi connectivity index (χ1n) is 5.50. The molecule has 0 amide bonds. The predicted molar refractivity (Wildman–Crippen MR) is 62.0 cm³/mol. The number of aromatic carboxylic acids is 1. The second-order valence-electron chi connectivity index (χ2n) is 3.96. The third-order valence-corrected chi connectivity index (χ3v) is 2.55. The Labute approximate surface area is 103 Å². The number of aromatic nitrogens is 1. The van der Waals surface area contributed by atoms with Gasteiger partial charge in [-0.3, -0.25) is 0 Å². The monoisotopic (exact) mass is 249 g/mol. The Kier molecular flexibility index (Phi) is 3.41. The minimum Gasteiger partial charge on any atom is -0.475 e. The fourth-order valence-electron chi connectivity index (χ4n) is 1.70. The number of halogens is 1. The summed E-state index contributed by atoms with van der Waals surface area (Å²) in [6.07, 6.45) is 0.994. The Bertz CT molecular complexity index is 577. The summed E-state index contributed by atoms with van der Waals surface area (Å²) in [4.78, 5) is 14.8. The molecule has 94 valence electrons. The summed E-state index contributed by atoms with van der Waals surface area (Å²) in [6, 6.07) is 6.25. The Morgan fingerprint density at radius 1 is 1.44 bits per heavy atom. The Hall–Kier alpha value is -2.17. The summed E-state index contributed by atoms with van der Waals surface area (Å²) in [7, 11) is 0. The first kappa shape index (κ1) is 12.3. The van der Waals surface area contributed by atoms with Crippen LogP contribution in [0.4, 0.5) is 4.39 Å². The summed E-state index contributed by atoms with van der Waals surface area (Å²) in [5.41, 5.74) is 1.18. The van der Waals surface area contributed by atoms with Crippen molar-refractivity contribution in [1.82, 2.24) is 4.98 Å². The van der Waals surface area contributed by atoms with Crippen LogP contribution in [0.15, 0.2) is 28.7 Å². The fraction of sp³-hybridized carbons (Fsp3) is 0.231. The van der Waals surface area contributed by atoms with Gasteiger partial charge >= 0.3 is 5.97 Å². The lowest BCUT2D eigenvalue weighted by atomic mass is 10.1. The molecule has 0 saturated carbocycles. The standard InChI is InChI=1S/C13H12FNO3/c1-8-12(13(16)17)18-11(15-8)6-5-9-3-2-4-10(14)7-9/h2-4,7H,5-6H2,1H3,(H,16,17). The molecule has 1 aromatic heterocycles.